The van der Waals surface area contributed by atoms with Gasteiger partial charge in [-0.25, -0.2) is 0 Å². The summed E-state index contributed by atoms with van der Waals surface area (Å²) in [5, 5.41) is 4.78. The Hall–Kier alpha value is -2.83. The Labute approximate surface area is 135 Å². The maximum absolute atomic E-state index is 13.0. The van der Waals surface area contributed by atoms with Crippen molar-refractivity contribution in [1.82, 2.24) is 5.32 Å². The molecule has 2 amide bonds. The predicted molar refractivity (Wildman–Crippen MR) is 81.5 cm³/mol. The first kappa shape index (κ1) is 16.0. The minimum atomic E-state index is -4.58. The highest BCUT2D eigenvalue weighted by Gasteiger charge is 2.35. The van der Waals surface area contributed by atoms with Crippen molar-refractivity contribution in [2.75, 3.05) is 5.32 Å². The average molecular weight is 334 g/mol. The first-order valence-corrected chi connectivity index (χ1v) is 7.22. The van der Waals surface area contributed by atoms with E-state index in [0.717, 1.165) is 6.07 Å². The summed E-state index contributed by atoms with van der Waals surface area (Å²) in [7, 11) is 0. The zero-order valence-corrected chi connectivity index (χ0v) is 12.4. The van der Waals surface area contributed by atoms with Crippen molar-refractivity contribution in [2.45, 2.75) is 18.6 Å². The lowest BCUT2D eigenvalue weighted by atomic mass is 9.95. The summed E-state index contributed by atoms with van der Waals surface area (Å²) < 4.78 is 38.9. The van der Waals surface area contributed by atoms with Crippen LogP contribution in [0.25, 0.3) is 0 Å². The third-order valence-corrected chi connectivity index (χ3v) is 3.80. The van der Waals surface area contributed by atoms with E-state index >= 15 is 0 Å². The van der Waals surface area contributed by atoms with Crippen LogP contribution in [-0.4, -0.2) is 17.9 Å². The van der Waals surface area contributed by atoms with Crippen LogP contribution in [0.1, 0.15) is 21.5 Å². The van der Waals surface area contributed by atoms with Crippen molar-refractivity contribution in [3.63, 3.8) is 0 Å². The molecule has 0 bridgehead atoms. The van der Waals surface area contributed by atoms with Gasteiger partial charge in [0.25, 0.3) is 5.91 Å². The molecular formula is C17H13F3N2O2. The van der Waals surface area contributed by atoms with Crippen molar-refractivity contribution in [2.24, 2.45) is 0 Å². The lowest BCUT2D eigenvalue weighted by molar-refractivity contribution is -0.137. The Bertz CT molecular complexity index is 802. The zero-order chi connectivity index (χ0) is 17.3. The molecule has 1 unspecified atom stereocenters. The molecule has 0 saturated carbocycles. The molecule has 3 rings (SSSR count). The minimum Gasteiger partial charge on any atom is -0.340 e. The number of hydrogen-bond acceptors (Lipinski definition) is 2. The van der Waals surface area contributed by atoms with E-state index in [2.05, 4.69) is 10.6 Å². The number of amides is 2. The van der Waals surface area contributed by atoms with E-state index in [0.29, 0.717) is 11.1 Å². The smallest absolute Gasteiger partial charge is 0.340 e. The van der Waals surface area contributed by atoms with Gasteiger partial charge in [0.2, 0.25) is 5.91 Å². The number of benzene rings is 2. The maximum atomic E-state index is 13.0. The van der Waals surface area contributed by atoms with Crippen LogP contribution in [-0.2, 0) is 17.4 Å². The predicted octanol–water partition coefficient (Wildman–Crippen LogP) is 3.00. The van der Waals surface area contributed by atoms with Crippen LogP contribution in [0.15, 0.2) is 48.5 Å². The monoisotopic (exact) mass is 334 g/mol. The Balaban J connectivity index is 1.81. The number of carbonyl (C=O) groups excluding carboxylic acids is 2. The first-order chi connectivity index (χ1) is 11.4. The van der Waals surface area contributed by atoms with E-state index < -0.39 is 29.6 Å². The standard InChI is InChI=1S/C17H13F3N2O2/c18-17(19,20)12-7-3-4-8-13(12)21-16(24)14-9-10-5-1-2-6-11(10)15(23)22-14/h1-8,14H,9H2,(H,21,24)(H,22,23). The Kier molecular flexibility index (Phi) is 4.01. The first-order valence-electron chi connectivity index (χ1n) is 7.22. The number of alkyl halides is 3. The normalized spacial score (nSPS) is 17.0. The molecule has 24 heavy (non-hydrogen) atoms. The Morgan fingerprint density at radius 1 is 1.08 bits per heavy atom. The third-order valence-electron chi connectivity index (χ3n) is 3.80. The lowest BCUT2D eigenvalue weighted by Crippen LogP contribution is -2.48. The zero-order valence-electron chi connectivity index (χ0n) is 12.4. The summed E-state index contributed by atoms with van der Waals surface area (Å²) in [5.41, 5.74) is -0.105. The van der Waals surface area contributed by atoms with Crippen molar-refractivity contribution in [3.05, 3.63) is 65.2 Å². The van der Waals surface area contributed by atoms with Crippen molar-refractivity contribution in [3.8, 4) is 0 Å². The van der Waals surface area contributed by atoms with E-state index in [1.807, 2.05) is 0 Å². The van der Waals surface area contributed by atoms with Crippen molar-refractivity contribution < 1.29 is 22.8 Å². The van der Waals surface area contributed by atoms with Gasteiger partial charge >= 0.3 is 6.18 Å². The van der Waals surface area contributed by atoms with Crippen LogP contribution < -0.4 is 10.6 Å². The van der Waals surface area contributed by atoms with Gasteiger partial charge in [-0.3, -0.25) is 9.59 Å². The number of fused-ring (bicyclic) bond motifs is 1. The van der Waals surface area contributed by atoms with E-state index in [9.17, 15) is 22.8 Å². The van der Waals surface area contributed by atoms with Crippen LogP contribution in [0.2, 0.25) is 0 Å². The molecule has 1 atom stereocenters. The molecule has 0 radical (unpaired) electrons. The highest BCUT2D eigenvalue weighted by atomic mass is 19.4. The number of carbonyl (C=O) groups is 2. The number of anilines is 1. The van der Waals surface area contributed by atoms with Crippen molar-refractivity contribution in [1.29, 1.82) is 0 Å². The molecule has 0 spiro atoms. The molecule has 0 saturated heterocycles. The van der Waals surface area contributed by atoms with Gasteiger partial charge in [0.1, 0.15) is 6.04 Å². The minimum absolute atomic E-state index is 0.224. The fraction of sp³-hybridized carbons (Fsp3) is 0.176. The van der Waals surface area contributed by atoms with Crippen molar-refractivity contribution >= 4 is 17.5 Å². The molecule has 1 heterocycles. The molecule has 7 heteroatoms. The number of rotatable bonds is 2. The lowest BCUT2D eigenvalue weighted by Gasteiger charge is -2.25. The van der Waals surface area contributed by atoms with E-state index in [1.54, 1.807) is 24.3 Å². The van der Waals surface area contributed by atoms with Gasteiger partial charge in [-0.15, -0.1) is 0 Å². The Morgan fingerprint density at radius 2 is 1.75 bits per heavy atom. The van der Waals surface area contributed by atoms with Crippen LogP contribution in [0, 0.1) is 0 Å². The number of halogens is 3. The van der Waals surface area contributed by atoms with Crippen LogP contribution in [0.4, 0.5) is 18.9 Å². The second-order valence-corrected chi connectivity index (χ2v) is 5.42. The van der Waals surface area contributed by atoms with Gasteiger partial charge in [0.15, 0.2) is 0 Å². The second-order valence-electron chi connectivity index (χ2n) is 5.42. The highest BCUT2D eigenvalue weighted by Crippen LogP contribution is 2.34. The second kappa shape index (κ2) is 5.99. The molecule has 2 N–H and O–H groups in total. The van der Waals surface area contributed by atoms with Crippen LogP contribution >= 0.6 is 0 Å². The summed E-state index contributed by atoms with van der Waals surface area (Å²) in [6, 6.07) is 10.6. The highest BCUT2D eigenvalue weighted by molar-refractivity contribution is 6.04. The number of hydrogen-bond donors (Lipinski definition) is 2. The molecule has 2 aromatic carbocycles. The molecule has 0 aromatic heterocycles. The number of para-hydroxylation sites is 1. The molecular weight excluding hydrogens is 321 g/mol. The van der Waals surface area contributed by atoms with Gasteiger partial charge in [-0.1, -0.05) is 30.3 Å². The summed E-state index contributed by atoms with van der Waals surface area (Å²) in [6.45, 7) is 0. The fourth-order valence-corrected chi connectivity index (χ4v) is 2.64. The molecule has 4 nitrogen and oxygen atoms in total. The third kappa shape index (κ3) is 3.10. The van der Waals surface area contributed by atoms with E-state index in [1.165, 1.54) is 18.2 Å². The molecule has 1 aliphatic heterocycles. The van der Waals surface area contributed by atoms with Gasteiger partial charge in [-0.2, -0.15) is 13.2 Å². The SMILES string of the molecule is O=C1NC(C(=O)Nc2ccccc2C(F)(F)F)Cc2ccccc21. The molecule has 0 aliphatic carbocycles. The fourth-order valence-electron chi connectivity index (χ4n) is 2.64. The maximum Gasteiger partial charge on any atom is 0.418 e. The summed E-state index contributed by atoms with van der Waals surface area (Å²) in [4.78, 5) is 24.3. The quantitative estimate of drug-likeness (QED) is 0.887. The summed E-state index contributed by atoms with van der Waals surface area (Å²) >= 11 is 0. The van der Waals surface area contributed by atoms with Crippen LogP contribution in [0.3, 0.4) is 0 Å². The topological polar surface area (TPSA) is 58.2 Å². The average Bonchev–Trinajstić information content (AvgIpc) is 2.54. The molecule has 1 aliphatic rings. The van der Waals surface area contributed by atoms with Crippen LogP contribution in [0.5, 0.6) is 0 Å². The molecule has 124 valence electrons. The number of nitrogens with one attached hydrogen (secondary N) is 2. The summed E-state index contributed by atoms with van der Waals surface area (Å²) in [5.74, 6) is -1.10. The Morgan fingerprint density at radius 3 is 2.50 bits per heavy atom. The van der Waals surface area contributed by atoms with Gasteiger partial charge in [-0.05, 0) is 23.8 Å². The van der Waals surface area contributed by atoms with E-state index in [4.69, 9.17) is 0 Å². The summed E-state index contributed by atoms with van der Waals surface area (Å²) in [6.07, 6.45) is -4.35. The molecule has 0 fully saturated rings. The van der Waals surface area contributed by atoms with Gasteiger partial charge < -0.3 is 10.6 Å². The van der Waals surface area contributed by atoms with Gasteiger partial charge in [0, 0.05) is 12.0 Å². The van der Waals surface area contributed by atoms with E-state index in [-0.39, 0.29) is 12.1 Å². The largest absolute Gasteiger partial charge is 0.418 e. The molecule has 2 aromatic rings. The van der Waals surface area contributed by atoms with Gasteiger partial charge in [0.05, 0.1) is 11.3 Å².